The van der Waals surface area contributed by atoms with Gasteiger partial charge in [-0.2, -0.15) is 0 Å². The van der Waals surface area contributed by atoms with Crippen molar-refractivity contribution in [3.8, 4) is 0 Å². The van der Waals surface area contributed by atoms with Gasteiger partial charge in [0.15, 0.2) is 0 Å². The third kappa shape index (κ3) is 1.91. The van der Waals surface area contributed by atoms with Gasteiger partial charge in [-0.3, -0.25) is 0 Å². The van der Waals surface area contributed by atoms with Gasteiger partial charge in [0, 0.05) is 0 Å². The van der Waals surface area contributed by atoms with Gasteiger partial charge in [0.05, 0.1) is 5.97 Å². The second-order valence-corrected chi connectivity index (χ2v) is 3.61. The molecule has 0 fully saturated rings. The van der Waals surface area contributed by atoms with Crippen molar-refractivity contribution < 1.29 is 14.3 Å². The number of rotatable bonds is 2. The van der Waals surface area contributed by atoms with Crippen molar-refractivity contribution in [2.75, 3.05) is 0 Å². The van der Waals surface area contributed by atoms with Crippen LogP contribution in [0.25, 0.3) is 5.57 Å². The fraction of sp³-hybridized carbons (Fsp3) is 0.250. The van der Waals surface area contributed by atoms with Crippen LogP contribution in [0, 0.1) is 0 Å². The minimum absolute atomic E-state index is 0.0969. The lowest BCUT2D eigenvalue weighted by Crippen LogP contribution is -2.22. The minimum Gasteiger partial charge on any atom is -0.545 e. The summed E-state index contributed by atoms with van der Waals surface area (Å²) in [6, 6.07) is 6.26. The highest BCUT2D eigenvalue weighted by molar-refractivity contribution is 5.87. The molecule has 0 unspecified atom stereocenters. The van der Waals surface area contributed by atoms with E-state index in [1.54, 1.807) is 12.1 Å². The maximum absolute atomic E-state index is 13.3. The average Bonchev–Trinajstić information content (AvgIpc) is 2.64. The van der Waals surface area contributed by atoms with E-state index in [-0.39, 0.29) is 11.4 Å². The molecular weight excluding hydrogens is 195 g/mol. The van der Waals surface area contributed by atoms with Gasteiger partial charge in [-0.25, -0.2) is 4.39 Å². The largest absolute Gasteiger partial charge is 0.545 e. The van der Waals surface area contributed by atoms with E-state index in [0.29, 0.717) is 24.0 Å². The first kappa shape index (κ1) is 9.90. The molecule has 0 amide bonds. The van der Waals surface area contributed by atoms with Crippen LogP contribution in [0.2, 0.25) is 0 Å². The van der Waals surface area contributed by atoms with E-state index in [0.717, 1.165) is 6.42 Å². The van der Waals surface area contributed by atoms with Crippen LogP contribution in [-0.2, 0) is 0 Å². The number of carboxylic acids is 1. The van der Waals surface area contributed by atoms with Crippen LogP contribution in [0.15, 0.2) is 30.1 Å². The number of carboxylic acid groups (broad SMARTS) is 1. The highest BCUT2D eigenvalue weighted by atomic mass is 19.1. The monoisotopic (exact) mass is 205 g/mol. The first-order chi connectivity index (χ1) is 7.18. The van der Waals surface area contributed by atoms with Crippen LogP contribution in [0.1, 0.15) is 35.2 Å². The highest BCUT2D eigenvalue weighted by Crippen LogP contribution is 2.34. The Labute approximate surface area is 87.0 Å². The van der Waals surface area contributed by atoms with Crippen LogP contribution < -0.4 is 5.11 Å². The van der Waals surface area contributed by atoms with Crippen molar-refractivity contribution in [2.24, 2.45) is 0 Å². The van der Waals surface area contributed by atoms with E-state index < -0.39 is 5.97 Å². The molecule has 1 aromatic carbocycles. The zero-order valence-corrected chi connectivity index (χ0v) is 8.13. The van der Waals surface area contributed by atoms with Crippen LogP contribution in [0.3, 0.4) is 0 Å². The van der Waals surface area contributed by atoms with E-state index in [2.05, 4.69) is 0 Å². The maximum atomic E-state index is 13.3. The molecule has 0 aromatic heterocycles. The Morgan fingerprint density at radius 2 is 2.13 bits per heavy atom. The summed E-state index contributed by atoms with van der Waals surface area (Å²) < 4.78 is 13.3. The molecule has 2 nitrogen and oxygen atoms in total. The van der Waals surface area contributed by atoms with Gasteiger partial charge in [0.2, 0.25) is 0 Å². The fourth-order valence-electron chi connectivity index (χ4n) is 1.84. The Bertz CT molecular complexity index is 435. The fourth-order valence-corrected chi connectivity index (χ4v) is 1.84. The smallest absolute Gasteiger partial charge is 0.104 e. The normalized spacial score (nSPS) is 15.8. The third-order valence-corrected chi connectivity index (χ3v) is 2.60. The third-order valence-electron chi connectivity index (χ3n) is 2.60. The SMILES string of the molecule is O=C([O-])c1cccc(C2=C(F)CCC2)c1. The first-order valence-electron chi connectivity index (χ1n) is 4.88. The Kier molecular flexibility index (Phi) is 2.54. The summed E-state index contributed by atoms with van der Waals surface area (Å²) in [5, 5.41) is 10.6. The zero-order valence-electron chi connectivity index (χ0n) is 8.13. The van der Waals surface area contributed by atoms with Crippen LogP contribution in [-0.4, -0.2) is 5.97 Å². The highest BCUT2D eigenvalue weighted by Gasteiger charge is 2.15. The van der Waals surface area contributed by atoms with Gasteiger partial charge in [-0.15, -0.1) is 0 Å². The van der Waals surface area contributed by atoms with Gasteiger partial charge in [-0.05, 0) is 42.0 Å². The second kappa shape index (κ2) is 3.85. The minimum atomic E-state index is -1.23. The van der Waals surface area contributed by atoms with E-state index in [4.69, 9.17) is 0 Å². The number of benzene rings is 1. The number of allylic oxidation sites excluding steroid dienone is 2. The molecule has 0 heterocycles. The molecular formula is C12H10FO2-. The van der Waals surface area contributed by atoms with Gasteiger partial charge < -0.3 is 9.90 Å². The summed E-state index contributed by atoms with van der Waals surface area (Å²) in [4.78, 5) is 10.6. The Balaban J connectivity index is 2.41. The van der Waals surface area contributed by atoms with Crippen LogP contribution in [0.5, 0.6) is 0 Å². The Hall–Kier alpha value is -1.64. The van der Waals surface area contributed by atoms with Crippen molar-refractivity contribution in [3.63, 3.8) is 0 Å². The molecule has 0 spiro atoms. The number of carbonyl (C=O) groups excluding carboxylic acids is 1. The molecule has 0 bridgehead atoms. The predicted molar refractivity (Wildman–Crippen MR) is 52.7 cm³/mol. The maximum Gasteiger partial charge on any atom is 0.104 e. The molecule has 2 rings (SSSR count). The van der Waals surface area contributed by atoms with Gasteiger partial charge in [-0.1, -0.05) is 18.2 Å². The standard InChI is InChI=1S/C12H11FO2/c13-11-6-2-5-10(11)8-3-1-4-9(7-8)12(14)15/h1,3-4,7H,2,5-6H2,(H,14,15)/p-1. The molecule has 0 atom stereocenters. The van der Waals surface area contributed by atoms with Crippen molar-refractivity contribution in [1.29, 1.82) is 0 Å². The van der Waals surface area contributed by atoms with E-state index in [1.165, 1.54) is 12.1 Å². The van der Waals surface area contributed by atoms with Crippen molar-refractivity contribution >= 4 is 11.5 Å². The van der Waals surface area contributed by atoms with Gasteiger partial charge in [0.1, 0.15) is 5.83 Å². The topological polar surface area (TPSA) is 40.1 Å². The summed E-state index contributed by atoms with van der Waals surface area (Å²) in [7, 11) is 0. The zero-order chi connectivity index (χ0) is 10.8. The summed E-state index contributed by atoms with van der Waals surface area (Å²) in [5.74, 6) is -1.35. The lowest BCUT2D eigenvalue weighted by Gasteiger charge is -2.06. The number of halogens is 1. The molecule has 3 heteroatoms. The van der Waals surface area contributed by atoms with Gasteiger partial charge >= 0.3 is 0 Å². The van der Waals surface area contributed by atoms with Gasteiger partial charge in [0.25, 0.3) is 0 Å². The molecule has 0 radical (unpaired) electrons. The summed E-state index contributed by atoms with van der Waals surface area (Å²) in [6.07, 6.45) is 1.95. The average molecular weight is 205 g/mol. The molecule has 1 aromatic rings. The number of carbonyl (C=O) groups is 1. The van der Waals surface area contributed by atoms with Crippen molar-refractivity contribution in [2.45, 2.75) is 19.3 Å². The van der Waals surface area contributed by atoms with Crippen molar-refractivity contribution in [3.05, 3.63) is 41.2 Å². The predicted octanol–water partition coefficient (Wildman–Crippen LogP) is 1.91. The van der Waals surface area contributed by atoms with Crippen LogP contribution >= 0.6 is 0 Å². The molecule has 1 aliphatic carbocycles. The summed E-state index contributed by atoms with van der Waals surface area (Å²) in [5.41, 5.74) is 1.39. The molecule has 0 aliphatic heterocycles. The lowest BCUT2D eigenvalue weighted by molar-refractivity contribution is -0.255. The second-order valence-electron chi connectivity index (χ2n) is 3.61. The van der Waals surface area contributed by atoms with Crippen LogP contribution in [0.4, 0.5) is 4.39 Å². The summed E-state index contributed by atoms with van der Waals surface area (Å²) in [6.45, 7) is 0. The molecule has 15 heavy (non-hydrogen) atoms. The van der Waals surface area contributed by atoms with E-state index in [9.17, 15) is 14.3 Å². The van der Waals surface area contributed by atoms with E-state index in [1.807, 2.05) is 0 Å². The summed E-state index contributed by atoms with van der Waals surface area (Å²) >= 11 is 0. The molecule has 0 saturated carbocycles. The number of hydrogen-bond acceptors (Lipinski definition) is 2. The quantitative estimate of drug-likeness (QED) is 0.739. The van der Waals surface area contributed by atoms with Crippen molar-refractivity contribution in [1.82, 2.24) is 0 Å². The van der Waals surface area contributed by atoms with E-state index >= 15 is 0 Å². The number of aromatic carboxylic acids is 1. The molecule has 78 valence electrons. The lowest BCUT2D eigenvalue weighted by atomic mass is 10.0. The molecule has 0 saturated heterocycles. The molecule has 1 aliphatic rings. The molecule has 0 N–H and O–H groups in total. The Morgan fingerprint density at radius 3 is 2.73 bits per heavy atom. The Morgan fingerprint density at radius 1 is 1.33 bits per heavy atom. The first-order valence-corrected chi connectivity index (χ1v) is 4.88. The number of hydrogen-bond donors (Lipinski definition) is 0.